The second-order valence-electron chi connectivity index (χ2n) is 5.74. The van der Waals surface area contributed by atoms with Gasteiger partial charge in [-0.1, -0.05) is 18.6 Å². The van der Waals surface area contributed by atoms with E-state index in [1.807, 2.05) is 0 Å². The summed E-state index contributed by atoms with van der Waals surface area (Å²) in [5.41, 5.74) is 1.80. The van der Waals surface area contributed by atoms with E-state index in [-0.39, 0.29) is 5.92 Å². The fourth-order valence-electron chi connectivity index (χ4n) is 3.03. The summed E-state index contributed by atoms with van der Waals surface area (Å²) in [6, 6.07) is 3.44. The molecular weight excluding hydrogens is 246 g/mol. The zero-order valence-electron chi connectivity index (χ0n) is 11.4. The Morgan fingerprint density at radius 3 is 2.47 bits per heavy atom. The lowest BCUT2D eigenvalue weighted by Gasteiger charge is -2.29. The maximum atomic E-state index is 13.1. The first-order valence-electron chi connectivity index (χ1n) is 6.74. The second kappa shape index (κ2) is 5.83. The normalized spacial score (nSPS) is 25.0. The molecule has 0 fully saturated rings. The number of halogens is 2. The van der Waals surface area contributed by atoms with Gasteiger partial charge in [-0.3, -0.25) is 0 Å². The Bertz CT molecular complexity index is 461. The first kappa shape index (κ1) is 14.2. The van der Waals surface area contributed by atoms with Crippen LogP contribution in [0.25, 0.3) is 0 Å². The molecule has 0 saturated heterocycles. The van der Waals surface area contributed by atoms with Crippen LogP contribution < -0.4 is 0 Å². The van der Waals surface area contributed by atoms with E-state index in [2.05, 4.69) is 19.9 Å². The molecule has 0 radical (unpaired) electrons. The Morgan fingerprint density at radius 1 is 1.26 bits per heavy atom. The van der Waals surface area contributed by atoms with Crippen LogP contribution in [-0.4, -0.2) is 11.2 Å². The molecule has 1 aliphatic carbocycles. The first-order valence-corrected chi connectivity index (χ1v) is 6.74. The van der Waals surface area contributed by atoms with Crippen LogP contribution in [0.3, 0.4) is 0 Å². The minimum Gasteiger partial charge on any atom is -0.392 e. The van der Waals surface area contributed by atoms with Crippen molar-refractivity contribution >= 4 is 0 Å². The molecule has 2 rings (SSSR count). The fraction of sp³-hybridized carbons (Fsp3) is 0.500. The van der Waals surface area contributed by atoms with Crippen LogP contribution >= 0.6 is 0 Å². The highest BCUT2D eigenvalue weighted by molar-refractivity contribution is 5.19. The van der Waals surface area contributed by atoms with Gasteiger partial charge in [-0.05, 0) is 55.7 Å². The lowest BCUT2D eigenvalue weighted by Crippen LogP contribution is -2.27. The van der Waals surface area contributed by atoms with E-state index >= 15 is 0 Å². The molecule has 1 aromatic rings. The standard InChI is InChI=1S/C16H20F2O/c1-10-3-11(2)5-13(4-10)16(19)8-12-6-14(17)9-15(18)7-12/h3,6-7,9-10,13,16,19H,4-5,8H2,1-2H3. The highest BCUT2D eigenvalue weighted by atomic mass is 19.1. The van der Waals surface area contributed by atoms with E-state index in [1.165, 1.54) is 17.7 Å². The maximum absolute atomic E-state index is 13.1. The summed E-state index contributed by atoms with van der Waals surface area (Å²) in [4.78, 5) is 0. The van der Waals surface area contributed by atoms with Crippen LogP contribution in [0.2, 0.25) is 0 Å². The van der Waals surface area contributed by atoms with Crippen LogP contribution in [0.5, 0.6) is 0 Å². The van der Waals surface area contributed by atoms with E-state index in [0.29, 0.717) is 17.9 Å². The number of rotatable bonds is 3. The lowest BCUT2D eigenvalue weighted by molar-refractivity contribution is 0.0931. The molecule has 1 aromatic carbocycles. The number of hydrogen-bond donors (Lipinski definition) is 1. The Morgan fingerprint density at radius 2 is 1.89 bits per heavy atom. The molecule has 3 heteroatoms. The van der Waals surface area contributed by atoms with Gasteiger partial charge in [-0.2, -0.15) is 0 Å². The molecule has 104 valence electrons. The van der Waals surface area contributed by atoms with Crippen molar-refractivity contribution in [1.29, 1.82) is 0 Å². The number of hydrogen-bond acceptors (Lipinski definition) is 1. The van der Waals surface area contributed by atoms with Crippen molar-refractivity contribution in [3.63, 3.8) is 0 Å². The third-order valence-electron chi connectivity index (χ3n) is 3.74. The van der Waals surface area contributed by atoms with E-state index in [4.69, 9.17) is 0 Å². The van der Waals surface area contributed by atoms with Crippen molar-refractivity contribution < 1.29 is 13.9 Å². The van der Waals surface area contributed by atoms with E-state index in [9.17, 15) is 13.9 Å². The van der Waals surface area contributed by atoms with Gasteiger partial charge in [0.1, 0.15) is 11.6 Å². The summed E-state index contributed by atoms with van der Waals surface area (Å²) in [7, 11) is 0. The van der Waals surface area contributed by atoms with Crippen LogP contribution in [0.4, 0.5) is 8.78 Å². The van der Waals surface area contributed by atoms with E-state index < -0.39 is 17.7 Å². The summed E-state index contributed by atoms with van der Waals surface area (Å²) in [6.07, 6.45) is 3.77. The first-order chi connectivity index (χ1) is 8.94. The molecule has 0 saturated carbocycles. The smallest absolute Gasteiger partial charge is 0.126 e. The molecule has 0 amide bonds. The van der Waals surface area contributed by atoms with Crippen molar-refractivity contribution in [1.82, 2.24) is 0 Å². The largest absolute Gasteiger partial charge is 0.392 e. The second-order valence-corrected chi connectivity index (χ2v) is 5.74. The van der Waals surface area contributed by atoms with Gasteiger partial charge in [-0.25, -0.2) is 8.78 Å². The average Bonchev–Trinajstić information content (AvgIpc) is 2.25. The average molecular weight is 266 g/mol. The third-order valence-corrected chi connectivity index (χ3v) is 3.74. The molecular formula is C16H20F2O. The van der Waals surface area contributed by atoms with Crippen LogP contribution in [0, 0.1) is 23.5 Å². The third kappa shape index (κ3) is 3.87. The van der Waals surface area contributed by atoms with Gasteiger partial charge in [0.2, 0.25) is 0 Å². The molecule has 1 nitrogen and oxygen atoms in total. The zero-order valence-corrected chi connectivity index (χ0v) is 11.4. The molecule has 0 spiro atoms. The van der Waals surface area contributed by atoms with Crippen molar-refractivity contribution in [3.8, 4) is 0 Å². The number of benzene rings is 1. The van der Waals surface area contributed by atoms with Crippen LogP contribution in [-0.2, 0) is 6.42 Å². The topological polar surface area (TPSA) is 20.2 Å². The van der Waals surface area contributed by atoms with Crippen molar-refractivity contribution in [2.75, 3.05) is 0 Å². The minimum absolute atomic E-state index is 0.173. The van der Waals surface area contributed by atoms with Crippen molar-refractivity contribution in [2.45, 2.75) is 39.2 Å². The maximum Gasteiger partial charge on any atom is 0.126 e. The zero-order chi connectivity index (χ0) is 14.0. The quantitative estimate of drug-likeness (QED) is 0.824. The van der Waals surface area contributed by atoms with Crippen molar-refractivity contribution in [2.24, 2.45) is 11.8 Å². The summed E-state index contributed by atoms with van der Waals surface area (Å²) in [5.74, 6) is -0.547. The molecule has 1 N–H and O–H groups in total. The Balaban J connectivity index is 2.04. The van der Waals surface area contributed by atoms with Gasteiger partial charge in [0.25, 0.3) is 0 Å². The monoisotopic (exact) mass is 266 g/mol. The molecule has 0 aromatic heterocycles. The molecule has 0 heterocycles. The Hall–Kier alpha value is -1.22. The molecule has 1 aliphatic rings. The van der Waals surface area contributed by atoms with Gasteiger partial charge in [0.15, 0.2) is 0 Å². The molecule has 19 heavy (non-hydrogen) atoms. The SMILES string of the molecule is CC1=CC(C)CC(C(O)Cc2cc(F)cc(F)c2)C1. The molecule has 0 aliphatic heterocycles. The predicted molar refractivity (Wildman–Crippen MR) is 71.7 cm³/mol. The molecule has 3 unspecified atom stereocenters. The van der Waals surface area contributed by atoms with E-state index in [1.54, 1.807) is 0 Å². The van der Waals surface area contributed by atoms with Gasteiger partial charge in [-0.15, -0.1) is 0 Å². The number of allylic oxidation sites excluding steroid dienone is 2. The van der Waals surface area contributed by atoms with Crippen LogP contribution in [0.1, 0.15) is 32.3 Å². The summed E-state index contributed by atoms with van der Waals surface area (Å²) < 4.78 is 26.2. The summed E-state index contributed by atoms with van der Waals surface area (Å²) in [5, 5.41) is 10.3. The minimum atomic E-state index is -0.588. The van der Waals surface area contributed by atoms with E-state index in [0.717, 1.165) is 18.9 Å². The van der Waals surface area contributed by atoms with Gasteiger partial charge < -0.3 is 5.11 Å². The highest BCUT2D eigenvalue weighted by Crippen LogP contribution is 2.31. The fourth-order valence-corrected chi connectivity index (χ4v) is 3.03. The highest BCUT2D eigenvalue weighted by Gasteiger charge is 2.25. The van der Waals surface area contributed by atoms with Gasteiger partial charge in [0.05, 0.1) is 6.10 Å². The molecule has 3 atom stereocenters. The van der Waals surface area contributed by atoms with Crippen LogP contribution in [0.15, 0.2) is 29.8 Å². The van der Waals surface area contributed by atoms with Crippen molar-refractivity contribution in [3.05, 3.63) is 47.0 Å². The Kier molecular flexibility index (Phi) is 4.35. The summed E-state index contributed by atoms with van der Waals surface area (Å²) >= 11 is 0. The lowest BCUT2D eigenvalue weighted by atomic mass is 9.79. The number of aliphatic hydroxyl groups excluding tert-OH is 1. The predicted octanol–water partition coefficient (Wildman–Crippen LogP) is 3.86. The molecule has 0 bridgehead atoms. The van der Waals surface area contributed by atoms with Gasteiger partial charge >= 0.3 is 0 Å². The number of aliphatic hydroxyl groups is 1. The Labute approximate surface area is 113 Å². The van der Waals surface area contributed by atoms with Gasteiger partial charge in [0, 0.05) is 6.07 Å². The summed E-state index contributed by atoms with van der Waals surface area (Å²) in [6.45, 7) is 4.20.